The monoisotopic (exact) mass is 419 g/mol. The van der Waals surface area contributed by atoms with Crippen LogP contribution in [0.1, 0.15) is 22.8 Å². The lowest BCUT2D eigenvalue weighted by Gasteiger charge is -2.34. The molecule has 2 heterocycles. The highest BCUT2D eigenvalue weighted by molar-refractivity contribution is 5.94. The van der Waals surface area contributed by atoms with Gasteiger partial charge >= 0.3 is 6.03 Å². The predicted molar refractivity (Wildman–Crippen MR) is 116 cm³/mol. The quantitative estimate of drug-likeness (QED) is 0.701. The highest BCUT2D eigenvalue weighted by Gasteiger charge is 2.24. The number of nitrogens with zero attached hydrogens (tertiary/aromatic N) is 4. The molecule has 0 unspecified atom stereocenters. The van der Waals surface area contributed by atoms with Gasteiger partial charge in [-0.25, -0.2) is 4.79 Å². The van der Waals surface area contributed by atoms with Gasteiger partial charge in [0.2, 0.25) is 11.8 Å². The number of benzene rings is 2. The van der Waals surface area contributed by atoms with Crippen molar-refractivity contribution in [2.24, 2.45) is 0 Å². The van der Waals surface area contributed by atoms with Gasteiger partial charge in [-0.05, 0) is 50.2 Å². The zero-order valence-electron chi connectivity index (χ0n) is 17.7. The van der Waals surface area contributed by atoms with Gasteiger partial charge in [0.1, 0.15) is 0 Å². The average Bonchev–Trinajstić information content (AvgIpc) is 3.29. The van der Waals surface area contributed by atoms with Gasteiger partial charge in [-0.3, -0.25) is 4.79 Å². The van der Waals surface area contributed by atoms with E-state index in [0.29, 0.717) is 50.1 Å². The third kappa shape index (κ3) is 4.58. The van der Waals surface area contributed by atoms with Crippen molar-refractivity contribution < 1.29 is 14.0 Å². The molecule has 1 aromatic heterocycles. The molecule has 4 rings (SSSR count). The summed E-state index contributed by atoms with van der Waals surface area (Å²) in [6, 6.07) is 15.0. The van der Waals surface area contributed by atoms with Crippen LogP contribution in [0, 0.1) is 6.92 Å². The zero-order valence-corrected chi connectivity index (χ0v) is 17.7. The fourth-order valence-corrected chi connectivity index (χ4v) is 3.55. The molecule has 1 fully saturated rings. The highest BCUT2D eigenvalue weighted by atomic mass is 16.4. The standard InChI is InChI=1S/C23H25N5O3/c1-3-24-23(30)28-13-11-27(12-14-28)22(29)18-9-7-17(8-10-18)20-25-26-21(31-20)19-6-4-5-16(2)15-19/h4-10,15H,3,11-14H2,1-2H3,(H,24,30). The van der Waals surface area contributed by atoms with E-state index in [4.69, 9.17) is 4.42 Å². The van der Waals surface area contributed by atoms with Crippen LogP contribution in [0.25, 0.3) is 22.9 Å². The number of carbonyl (C=O) groups excluding carboxylic acids is 2. The van der Waals surface area contributed by atoms with Crippen molar-refractivity contribution in [2.45, 2.75) is 13.8 Å². The predicted octanol–water partition coefficient (Wildman–Crippen LogP) is 3.20. The van der Waals surface area contributed by atoms with Gasteiger partial charge in [-0.2, -0.15) is 0 Å². The van der Waals surface area contributed by atoms with E-state index in [1.54, 1.807) is 21.9 Å². The van der Waals surface area contributed by atoms with Crippen LogP contribution in [0.5, 0.6) is 0 Å². The fraction of sp³-hybridized carbons (Fsp3) is 0.304. The zero-order chi connectivity index (χ0) is 21.8. The second-order valence-electron chi connectivity index (χ2n) is 7.47. The third-order valence-electron chi connectivity index (χ3n) is 5.25. The summed E-state index contributed by atoms with van der Waals surface area (Å²) in [5.41, 5.74) is 3.34. The number of piperazine rings is 1. The van der Waals surface area contributed by atoms with Crippen molar-refractivity contribution in [1.29, 1.82) is 0 Å². The maximum absolute atomic E-state index is 12.8. The van der Waals surface area contributed by atoms with E-state index in [0.717, 1.165) is 16.7 Å². The SMILES string of the molecule is CCNC(=O)N1CCN(C(=O)c2ccc(-c3nnc(-c4cccc(C)c4)o3)cc2)CC1. The van der Waals surface area contributed by atoms with Gasteiger partial charge in [0, 0.05) is 49.4 Å². The molecule has 2 aromatic carbocycles. The van der Waals surface area contributed by atoms with E-state index in [1.807, 2.05) is 50.2 Å². The Morgan fingerprint density at radius 1 is 0.935 bits per heavy atom. The minimum Gasteiger partial charge on any atom is -0.416 e. The van der Waals surface area contributed by atoms with Crippen molar-refractivity contribution in [3.05, 3.63) is 59.7 Å². The van der Waals surface area contributed by atoms with Crippen molar-refractivity contribution in [2.75, 3.05) is 32.7 Å². The normalized spacial score (nSPS) is 13.9. The minimum atomic E-state index is -0.0801. The van der Waals surface area contributed by atoms with Crippen LogP contribution in [0.2, 0.25) is 0 Å². The summed E-state index contributed by atoms with van der Waals surface area (Å²) in [5.74, 6) is 0.822. The van der Waals surface area contributed by atoms with E-state index in [-0.39, 0.29) is 11.9 Å². The van der Waals surface area contributed by atoms with Crippen LogP contribution in [-0.4, -0.2) is 64.7 Å². The van der Waals surface area contributed by atoms with E-state index < -0.39 is 0 Å². The molecule has 3 amide bonds. The Hall–Kier alpha value is -3.68. The molecule has 1 saturated heterocycles. The Morgan fingerprint density at radius 3 is 2.23 bits per heavy atom. The third-order valence-corrected chi connectivity index (χ3v) is 5.25. The Balaban J connectivity index is 1.41. The summed E-state index contributed by atoms with van der Waals surface area (Å²) in [4.78, 5) is 28.2. The molecule has 8 heteroatoms. The van der Waals surface area contributed by atoms with Crippen LogP contribution < -0.4 is 5.32 Å². The summed E-state index contributed by atoms with van der Waals surface area (Å²) < 4.78 is 5.82. The number of aromatic nitrogens is 2. The van der Waals surface area contributed by atoms with E-state index in [9.17, 15) is 9.59 Å². The Bertz CT molecular complexity index is 1070. The van der Waals surface area contributed by atoms with Gasteiger partial charge in [0.25, 0.3) is 5.91 Å². The Kier molecular flexibility index (Phi) is 5.97. The lowest BCUT2D eigenvalue weighted by molar-refractivity contribution is 0.0665. The number of carbonyl (C=O) groups is 2. The van der Waals surface area contributed by atoms with E-state index >= 15 is 0 Å². The minimum absolute atomic E-state index is 0.0481. The first kappa shape index (κ1) is 20.6. The molecule has 31 heavy (non-hydrogen) atoms. The fourth-order valence-electron chi connectivity index (χ4n) is 3.55. The maximum Gasteiger partial charge on any atom is 0.317 e. The molecular formula is C23H25N5O3. The number of aryl methyl sites for hydroxylation is 1. The maximum atomic E-state index is 12.8. The number of urea groups is 1. The molecule has 3 aromatic rings. The van der Waals surface area contributed by atoms with Gasteiger partial charge < -0.3 is 19.5 Å². The van der Waals surface area contributed by atoms with Crippen molar-refractivity contribution in [3.63, 3.8) is 0 Å². The first-order valence-corrected chi connectivity index (χ1v) is 10.4. The molecule has 0 atom stereocenters. The number of nitrogens with one attached hydrogen (secondary N) is 1. The molecular weight excluding hydrogens is 394 g/mol. The van der Waals surface area contributed by atoms with Crippen LogP contribution in [0.3, 0.4) is 0 Å². The van der Waals surface area contributed by atoms with Gasteiger partial charge in [0.05, 0.1) is 0 Å². The summed E-state index contributed by atoms with van der Waals surface area (Å²) >= 11 is 0. The summed E-state index contributed by atoms with van der Waals surface area (Å²) in [5, 5.41) is 11.1. The number of amides is 3. The second-order valence-corrected chi connectivity index (χ2v) is 7.47. The lowest BCUT2D eigenvalue weighted by Crippen LogP contribution is -2.53. The van der Waals surface area contributed by atoms with Gasteiger partial charge in [-0.1, -0.05) is 17.7 Å². The number of hydrogen-bond donors (Lipinski definition) is 1. The molecule has 0 bridgehead atoms. The number of rotatable bonds is 4. The van der Waals surface area contributed by atoms with Crippen LogP contribution in [0.15, 0.2) is 52.9 Å². The average molecular weight is 419 g/mol. The molecule has 0 saturated carbocycles. The molecule has 1 aliphatic heterocycles. The van der Waals surface area contributed by atoms with Crippen molar-refractivity contribution in [3.8, 4) is 22.9 Å². The molecule has 0 aliphatic carbocycles. The second kappa shape index (κ2) is 8.99. The largest absolute Gasteiger partial charge is 0.416 e. The summed E-state index contributed by atoms with van der Waals surface area (Å²) in [7, 11) is 0. The molecule has 160 valence electrons. The van der Waals surface area contributed by atoms with E-state index in [1.165, 1.54) is 0 Å². The topological polar surface area (TPSA) is 91.6 Å². The molecule has 0 radical (unpaired) electrons. The Labute approximate surface area is 180 Å². The molecule has 1 aliphatic rings. The smallest absolute Gasteiger partial charge is 0.317 e. The van der Waals surface area contributed by atoms with Crippen molar-refractivity contribution >= 4 is 11.9 Å². The van der Waals surface area contributed by atoms with Crippen LogP contribution in [0.4, 0.5) is 4.79 Å². The van der Waals surface area contributed by atoms with Crippen LogP contribution in [-0.2, 0) is 0 Å². The summed E-state index contributed by atoms with van der Waals surface area (Å²) in [6.45, 7) is 6.58. The van der Waals surface area contributed by atoms with E-state index in [2.05, 4.69) is 15.5 Å². The molecule has 0 spiro atoms. The molecule has 1 N–H and O–H groups in total. The highest BCUT2D eigenvalue weighted by Crippen LogP contribution is 2.25. The van der Waals surface area contributed by atoms with Gasteiger partial charge in [0.15, 0.2) is 0 Å². The molecule has 8 nitrogen and oxygen atoms in total. The summed E-state index contributed by atoms with van der Waals surface area (Å²) in [6.07, 6.45) is 0. The Morgan fingerprint density at radius 2 is 1.58 bits per heavy atom. The van der Waals surface area contributed by atoms with Crippen molar-refractivity contribution in [1.82, 2.24) is 25.3 Å². The van der Waals surface area contributed by atoms with Gasteiger partial charge in [-0.15, -0.1) is 10.2 Å². The first-order chi connectivity index (χ1) is 15.0. The van der Waals surface area contributed by atoms with Crippen LogP contribution >= 0.6 is 0 Å². The first-order valence-electron chi connectivity index (χ1n) is 10.4. The number of hydrogen-bond acceptors (Lipinski definition) is 5. The lowest BCUT2D eigenvalue weighted by atomic mass is 10.1.